The first-order valence-corrected chi connectivity index (χ1v) is 9.88. The Labute approximate surface area is 172 Å². The van der Waals surface area contributed by atoms with Gasteiger partial charge in [0.1, 0.15) is 6.04 Å². The van der Waals surface area contributed by atoms with E-state index in [-0.39, 0.29) is 18.4 Å². The molecular weight excluding hydrogens is 368 g/mol. The first-order valence-electron chi connectivity index (χ1n) is 9.88. The Kier molecular flexibility index (Phi) is 8.52. The number of para-hydroxylation sites is 2. The predicted octanol–water partition coefficient (Wildman–Crippen LogP) is 3.33. The van der Waals surface area contributed by atoms with Crippen LogP contribution in [0.2, 0.25) is 0 Å². The highest BCUT2D eigenvalue weighted by Gasteiger charge is 2.28. The van der Waals surface area contributed by atoms with E-state index in [1.54, 1.807) is 24.1 Å². The molecule has 0 saturated heterocycles. The highest BCUT2D eigenvalue weighted by molar-refractivity contribution is 5.88. The van der Waals surface area contributed by atoms with Gasteiger partial charge in [-0.2, -0.15) is 0 Å². The van der Waals surface area contributed by atoms with E-state index < -0.39 is 6.04 Å². The largest absolute Gasteiger partial charge is 0.493 e. The van der Waals surface area contributed by atoms with Crippen molar-refractivity contribution in [3.8, 4) is 11.5 Å². The van der Waals surface area contributed by atoms with Crippen LogP contribution in [-0.2, 0) is 16.1 Å². The molecule has 1 N–H and O–H groups in total. The standard InChI is InChI=1S/C23H30N2O4/c1-5-19(23(27)24-6-2)25(15-18-13-11-17(3)12-14-18)22(26)16-29-21-10-8-7-9-20(21)28-4/h7-14,19H,5-6,15-16H2,1-4H3,(H,24,27)/t19-/m1/s1. The van der Waals surface area contributed by atoms with Gasteiger partial charge in [0.2, 0.25) is 5.91 Å². The number of amides is 2. The van der Waals surface area contributed by atoms with Gasteiger partial charge in [0.05, 0.1) is 7.11 Å². The molecule has 0 unspecified atom stereocenters. The molecule has 2 aromatic rings. The Bertz CT molecular complexity index is 805. The quantitative estimate of drug-likeness (QED) is 0.667. The highest BCUT2D eigenvalue weighted by Crippen LogP contribution is 2.26. The number of hydrogen-bond acceptors (Lipinski definition) is 4. The van der Waals surface area contributed by atoms with Crippen molar-refractivity contribution in [1.29, 1.82) is 0 Å². The van der Waals surface area contributed by atoms with Gasteiger partial charge in [-0.1, -0.05) is 48.9 Å². The lowest BCUT2D eigenvalue weighted by atomic mass is 10.1. The van der Waals surface area contributed by atoms with Gasteiger partial charge in [0, 0.05) is 13.1 Å². The Morgan fingerprint density at radius 2 is 1.69 bits per heavy atom. The second-order valence-electron chi connectivity index (χ2n) is 6.77. The highest BCUT2D eigenvalue weighted by atomic mass is 16.5. The van der Waals surface area contributed by atoms with Crippen LogP contribution in [-0.4, -0.2) is 43.0 Å². The molecule has 29 heavy (non-hydrogen) atoms. The minimum absolute atomic E-state index is 0.159. The fourth-order valence-electron chi connectivity index (χ4n) is 3.06. The Balaban J connectivity index is 2.20. The molecule has 0 spiro atoms. The number of aryl methyl sites for hydroxylation is 1. The summed E-state index contributed by atoms with van der Waals surface area (Å²) < 4.78 is 11.0. The SMILES string of the molecule is CCNC(=O)[C@@H](CC)N(Cc1ccc(C)cc1)C(=O)COc1ccccc1OC. The van der Waals surface area contributed by atoms with E-state index in [0.29, 0.717) is 31.0 Å². The number of rotatable bonds is 10. The van der Waals surface area contributed by atoms with Crippen LogP contribution in [0.15, 0.2) is 48.5 Å². The molecule has 0 saturated carbocycles. The first kappa shape index (κ1) is 22.3. The van der Waals surface area contributed by atoms with Crippen molar-refractivity contribution in [3.63, 3.8) is 0 Å². The van der Waals surface area contributed by atoms with Crippen molar-refractivity contribution in [2.75, 3.05) is 20.3 Å². The van der Waals surface area contributed by atoms with Crippen LogP contribution < -0.4 is 14.8 Å². The maximum atomic E-state index is 13.1. The third-order valence-electron chi connectivity index (χ3n) is 4.63. The lowest BCUT2D eigenvalue weighted by Gasteiger charge is -2.30. The summed E-state index contributed by atoms with van der Waals surface area (Å²) >= 11 is 0. The number of benzene rings is 2. The molecule has 2 aromatic carbocycles. The molecule has 156 valence electrons. The number of ether oxygens (including phenoxy) is 2. The van der Waals surface area contributed by atoms with Crippen molar-refractivity contribution in [3.05, 3.63) is 59.7 Å². The van der Waals surface area contributed by atoms with E-state index in [0.717, 1.165) is 11.1 Å². The normalized spacial score (nSPS) is 11.4. The van der Waals surface area contributed by atoms with Crippen molar-refractivity contribution in [2.45, 2.75) is 39.8 Å². The predicted molar refractivity (Wildman–Crippen MR) is 113 cm³/mol. The van der Waals surface area contributed by atoms with Crippen LogP contribution in [0.5, 0.6) is 11.5 Å². The summed E-state index contributed by atoms with van der Waals surface area (Å²) in [6, 6.07) is 14.5. The molecule has 0 aliphatic heterocycles. The maximum Gasteiger partial charge on any atom is 0.261 e. The Morgan fingerprint density at radius 3 is 2.28 bits per heavy atom. The molecule has 2 rings (SSSR count). The fraction of sp³-hybridized carbons (Fsp3) is 0.391. The monoisotopic (exact) mass is 398 g/mol. The van der Waals surface area contributed by atoms with Crippen molar-refractivity contribution in [2.24, 2.45) is 0 Å². The topological polar surface area (TPSA) is 67.9 Å². The summed E-state index contributed by atoms with van der Waals surface area (Å²) in [5.41, 5.74) is 2.10. The number of carbonyl (C=O) groups excluding carboxylic acids is 2. The van der Waals surface area contributed by atoms with Crippen LogP contribution in [0.3, 0.4) is 0 Å². The van der Waals surface area contributed by atoms with Gasteiger partial charge >= 0.3 is 0 Å². The van der Waals surface area contributed by atoms with Gasteiger partial charge in [-0.25, -0.2) is 0 Å². The number of nitrogens with one attached hydrogen (secondary N) is 1. The van der Waals surface area contributed by atoms with E-state index in [1.165, 1.54) is 0 Å². The van der Waals surface area contributed by atoms with Crippen molar-refractivity contribution in [1.82, 2.24) is 10.2 Å². The third kappa shape index (κ3) is 6.24. The molecule has 0 heterocycles. The summed E-state index contributed by atoms with van der Waals surface area (Å²) in [6.07, 6.45) is 0.512. The molecule has 0 bridgehead atoms. The molecule has 2 amide bonds. The number of nitrogens with zero attached hydrogens (tertiary/aromatic N) is 1. The van der Waals surface area contributed by atoms with Crippen LogP contribution in [0.4, 0.5) is 0 Å². The Morgan fingerprint density at radius 1 is 1.03 bits per heavy atom. The minimum atomic E-state index is -0.565. The van der Waals surface area contributed by atoms with Gasteiger partial charge in [0.15, 0.2) is 18.1 Å². The van der Waals surface area contributed by atoms with E-state index in [2.05, 4.69) is 5.32 Å². The zero-order valence-corrected chi connectivity index (χ0v) is 17.6. The lowest BCUT2D eigenvalue weighted by molar-refractivity contribution is -0.142. The molecule has 0 fully saturated rings. The number of hydrogen-bond donors (Lipinski definition) is 1. The van der Waals surface area contributed by atoms with Crippen molar-refractivity contribution < 1.29 is 19.1 Å². The second kappa shape index (κ2) is 11.1. The Hall–Kier alpha value is -3.02. The second-order valence-corrected chi connectivity index (χ2v) is 6.77. The van der Waals surface area contributed by atoms with Gasteiger partial charge in [-0.3, -0.25) is 9.59 Å². The number of carbonyl (C=O) groups is 2. The molecule has 0 radical (unpaired) electrons. The van der Waals surface area contributed by atoms with Crippen LogP contribution >= 0.6 is 0 Å². The average Bonchev–Trinajstić information content (AvgIpc) is 2.73. The van der Waals surface area contributed by atoms with Gasteiger partial charge in [0.25, 0.3) is 5.91 Å². The first-order chi connectivity index (χ1) is 14.0. The minimum Gasteiger partial charge on any atom is -0.493 e. The van der Waals surface area contributed by atoms with Gasteiger partial charge in [-0.15, -0.1) is 0 Å². The van der Waals surface area contributed by atoms with Gasteiger partial charge < -0.3 is 19.7 Å². The van der Waals surface area contributed by atoms with E-state index in [1.807, 2.05) is 57.2 Å². The average molecular weight is 399 g/mol. The third-order valence-corrected chi connectivity index (χ3v) is 4.63. The number of methoxy groups -OCH3 is 1. The summed E-state index contributed by atoms with van der Waals surface area (Å²) in [6.45, 7) is 6.45. The number of likely N-dealkylation sites (N-methyl/N-ethyl adjacent to an activating group) is 1. The van der Waals surface area contributed by atoms with E-state index in [4.69, 9.17) is 9.47 Å². The van der Waals surface area contributed by atoms with Crippen LogP contribution in [0.25, 0.3) is 0 Å². The summed E-state index contributed by atoms with van der Waals surface area (Å²) in [5, 5.41) is 2.83. The fourth-order valence-corrected chi connectivity index (χ4v) is 3.06. The zero-order chi connectivity index (χ0) is 21.2. The molecule has 0 aliphatic rings. The molecule has 6 nitrogen and oxygen atoms in total. The molecule has 1 atom stereocenters. The zero-order valence-electron chi connectivity index (χ0n) is 17.6. The van der Waals surface area contributed by atoms with Crippen LogP contribution in [0, 0.1) is 6.92 Å². The lowest BCUT2D eigenvalue weighted by Crippen LogP contribution is -2.50. The summed E-state index contributed by atoms with van der Waals surface area (Å²) in [5.74, 6) is 0.633. The van der Waals surface area contributed by atoms with E-state index in [9.17, 15) is 9.59 Å². The molecule has 0 aromatic heterocycles. The molecule has 6 heteroatoms. The molecule has 0 aliphatic carbocycles. The molecular formula is C23H30N2O4. The van der Waals surface area contributed by atoms with Crippen LogP contribution in [0.1, 0.15) is 31.4 Å². The smallest absolute Gasteiger partial charge is 0.261 e. The maximum absolute atomic E-state index is 13.1. The summed E-state index contributed by atoms with van der Waals surface area (Å²) in [7, 11) is 1.55. The van der Waals surface area contributed by atoms with Gasteiger partial charge in [-0.05, 0) is 38.0 Å². The van der Waals surface area contributed by atoms with Crippen molar-refractivity contribution >= 4 is 11.8 Å². The summed E-state index contributed by atoms with van der Waals surface area (Å²) in [4.78, 5) is 27.2. The van der Waals surface area contributed by atoms with E-state index >= 15 is 0 Å².